The quantitative estimate of drug-likeness (QED) is 0.659. The zero-order chi connectivity index (χ0) is 10.5. The van der Waals surface area contributed by atoms with E-state index in [-0.39, 0.29) is 5.83 Å². The molecule has 1 aliphatic carbocycles. The average molecular weight is 207 g/mol. The van der Waals surface area contributed by atoms with Crippen LogP contribution in [0.4, 0.5) is 4.39 Å². The Kier molecular flexibility index (Phi) is 3.22. The summed E-state index contributed by atoms with van der Waals surface area (Å²) in [5.41, 5.74) is 0.973. The molecule has 15 heavy (non-hydrogen) atoms. The number of hydrogen-bond donors (Lipinski definition) is 1. The number of rotatable bonds is 0. The van der Waals surface area contributed by atoms with E-state index in [9.17, 15) is 4.39 Å². The largest absolute Gasteiger partial charge is 0.488 e. The number of fused-ring (bicyclic) bond motifs is 1. The van der Waals surface area contributed by atoms with Crippen LogP contribution in [-0.2, 0) is 4.74 Å². The molecule has 0 unspecified atom stereocenters. The van der Waals surface area contributed by atoms with Gasteiger partial charge in [0.1, 0.15) is 18.2 Å². The Morgan fingerprint density at radius 2 is 2.07 bits per heavy atom. The molecule has 0 aromatic rings. The van der Waals surface area contributed by atoms with Gasteiger partial charge in [-0.25, -0.2) is 4.39 Å². The summed E-state index contributed by atoms with van der Waals surface area (Å²) in [5.74, 6) is 0.650. The predicted octanol–water partition coefficient (Wildman–Crippen LogP) is 2.58. The fraction of sp³-hybridized carbons (Fsp3) is 0.333. The summed E-state index contributed by atoms with van der Waals surface area (Å²) in [6.45, 7) is 0.898. The molecular formula is C12H14FNO. The summed E-state index contributed by atoms with van der Waals surface area (Å²) < 4.78 is 18.5. The highest BCUT2D eigenvalue weighted by atomic mass is 19.1. The molecule has 0 bridgehead atoms. The molecule has 0 radical (unpaired) electrons. The Morgan fingerprint density at radius 1 is 1.20 bits per heavy atom. The lowest BCUT2D eigenvalue weighted by atomic mass is 10.1. The Balaban J connectivity index is 2.12. The third kappa shape index (κ3) is 2.72. The van der Waals surface area contributed by atoms with Gasteiger partial charge in [-0.1, -0.05) is 6.08 Å². The third-order valence-corrected chi connectivity index (χ3v) is 2.31. The molecule has 1 N–H and O–H groups in total. The monoisotopic (exact) mass is 207 g/mol. The second-order valence-corrected chi connectivity index (χ2v) is 3.45. The van der Waals surface area contributed by atoms with E-state index in [4.69, 9.17) is 4.74 Å². The van der Waals surface area contributed by atoms with Crippen molar-refractivity contribution in [1.82, 2.24) is 5.32 Å². The van der Waals surface area contributed by atoms with Gasteiger partial charge >= 0.3 is 0 Å². The van der Waals surface area contributed by atoms with E-state index in [0.717, 1.165) is 24.3 Å². The fourth-order valence-corrected chi connectivity index (χ4v) is 1.57. The van der Waals surface area contributed by atoms with Crippen LogP contribution in [0.2, 0.25) is 0 Å². The standard InChI is InChI=1S/C12H14FNO/c13-10-4-3-9-15-12-6-2-1-5-11(12)14-8-7-10/h3-7,14H,1-2,8-9H2/b4-3-,10-7+. The van der Waals surface area contributed by atoms with Gasteiger partial charge in [-0.05, 0) is 37.1 Å². The van der Waals surface area contributed by atoms with E-state index in [1.54, 1.807) is 6.08 Å². The van der Waals surface area contributed by atoms with Gasteiger partial charge in [-0.3, -0.25) is 0 Å². The Morgan fingerprint density at radius 3 is 3.00 bits per heavy atom. The number of halogens is 1. The van der Waals surface area contributed by atoms with Crippen LogP contribution < -0.4 is 5.32 Å². The van der Waals surface area contributed by atoms with Crippen molar-refractivity contribution in [2.45, 2.75) is 12.8 Å². The highest BCUT2D eigenvalue weighted by Crippen LogP contribution is 2.18. The van der Waals surface area contributed by atoms with Crippen molar-refractivity contribution in [3.8, 4) is 0 Å². The van der Waals surface area contributed by atoms with Crippen molar-refractivity contribution in [2.24, 2.45) is 0 Å². The predicted molar refractivity (Wildman–Crippen MR) is 57.7 cm³/mol. The molecule has 0 saturated heterocycles. The Bertz CT molecular complexity index is 353. The van der Waals surface area contributed by atoms with Gasteiger partial charge in [0.2, 0.25) is 0 Å². The molecule has 0 fully saturated rings. The van der Waals surface area contributed by atoms with E-state index in [1.807, 2.05) is 0 Å². The van der Waals surface area contributed by atoms with E-state index < -0.39 is 0 Å². The third-order valence-electron chi connectivity index (χ3n) is 2.31. The maximum atomic E-state index is 13.0. The first-order chi connectivity index (χ1) is 7.36. The summed E-state index contributed by atoms with van der Waals surface area (Å²) >= 11 is 0. The Hall–Kier alpha value is -1.51. The summed E-state index contributed by atoms with van der Waals surface area (Å²) in [6, 6.07) is 0. The molecule has 0 aromatic heterocycles. The van der Waals surface area contributed by atoms with Crippen molar-refractivity contribution in [1.29, 1.82) is 0 Å². The maximum absolute atomic E-state index is 13.0. The minimum atomic E-state index is -0.227. The molecule has 0 atom stereocenters. The van der Waals surface area contributed by atoms with Gasteiger partial charge in [-0.2, -0.15) is 0 Å². The van der Waals surface area contributed by atoms with Crippen molar-refractivity contribution >= 4 is 0 Å². The zero-order valence-corrected chi connectivity index (χ0v) is 8.50. The number of allylic oxidation sites excluding steroid dienone is 4. The summed E-state index contributed by atoms with van der Waals surface area (Å²) in [4.78, 5) is 0. The van der Waals surface area contributed by atoms with Gasteiger partial charge in [0.25, 0.3) is 0 Å². The molecule has 80 valence electrons. The average Bonchev–Trinajstić information content (AvgIpc) is 2.26. The summed E-state index contributed by atoms with van der Waals surface area (Å²) in [5, 5.41) is 3.14. The Labute approximate surface area is 88.8 Å². The van der Waals surface area contributed by atoms with Crippen LogP contribution in [-0.4, -0.2) is 13.2 Å². The van der Waals surface area contributed by atoms with E-state index >= 15 is 0 Å². The molecule has 1 heterocycles. The lowest BCUT2D eigenvalue weighted by molar-refractivity contribution is 0.249. The molecule has 2 nitrogen and oxygen atoms in total. The highest BCUT2D eigenvalue weighted by molar-refractivity contribution is 5.28. The molecule has 0 aromatic carbocycles. The molecule has 3 heteroatoms. The van der Waals surface area contributed by atoms with Crippen LogP contribution in [0.1, 0.15) is 12.8 Å². The van der Waals surface area contributed by atoms with Crippen molar-refractivity contribution in [3.05, 3.63) is 47.7 Å². The van der Waals surface area contributed by atoms with Crippen LogP contribution in [0.15, 0.2) is 47.7 Å². The second kappa shape index (κ2) is 4.82. The van der Waals surface area contributed by atoms with Gasteiger partial charge in [0, 0.05) is 6.54 Å². The van der Waals surface area contributed by atoms with E-state index in [1.165, 1.54) is 12.2 Å². The molecule has 0 amide bonds. The normalized spacial score (nSPS) is 26.9. The molecule has 1 aliphatic heterocycles. The number of hydrogen-bond acceptors (Lipinski definition) is 2. The van der Waals surface area contributed by atoms with E-state index in [2.05, 4.69) is 17.5 Å². The molecule has 2 aliphatic rings. The lowest BCUT2D eigenvalue weighted by Gasteiger charge is -2.18. The SMILES string of the molecule is FC1=C/CNC2=CCCC=C2OC/C=C\1. The van der Waals surface area contributed by atoms with Gasteiger partial charge < -0.3 is 10.1 Å². The number of nitrogens with one attached hydrogen (secondary N) is 1. The van der Waals surface area contributed by atoms with Crippen LogP contribution in [0.5, 0.6) is 0 Å². The first-order valence-electron chi connectivity index (χ1n) is 5.16. The number of ether oxygens (including phenoxy) is 1. The van der Waals surface area contributed by atoms with Crippen LogP contribution in [0, 0.1) is 0 Å². The molecule has 0 saturated carbocycles. The topological polar surface area (TPSA) is 21.3 Å². The van der Waals surface area contributed by atoms with Crippen LogP contribution in [0.3, 0.4) is 0 Å². The smallest absolute Gasteiger partial charge is 0.138 e. The van der Waals surface area contributed by atoms with Gasteiger partial charge in [-0.15, -0.1) is 0 Å². The first kappa shape index (κ1) is 10.0. The minimum Gasteiger partial charge on any atom is -0.488 e. The fourth-order valence-electron chi connectivity index (χ4n) is 1.57. The van der Waals surface area contributed by atoms with Crippen LogP contribution in [0.25, 0.3) is 0 Å². The molecule has 0 spiro atoms. The summed E-state index contributed by atoms with van der Waals surface area (Å²) in [7, 11) is 0. The molecular weight excluding hydrogens is 193 g/mol. The van der Waals surface area contributed by atoms with Crippen molar-refractivity contribution in [2.75, 3.05) is 13.2 Å². The maximum Gasteiger partial charge on any atom is 0.138 e. The van der Waals surface area contributed by atoms with Crippen LogP contribution >= 0.6 is 0 Å². The summed E-state index contributed by atoms with van der Waals surface area (Å²) in [6.07, 6.45) is 10.8. The highest BCUT2D eigenvalue weighted by Gasteiger charge is 2.09. The van der Waals surface area contributed by atoms with Crippen molar-refractivity contribution in [3.63, 3.8) is 0 Å². The van der Waals surface area contributed by atoms with E-state index in [0.29, 0.717) is 13.2 Å². The lowest BCUT2D eigenvalue weighted by Crippen LogP contribution is -2.18. The van der Waals surface area contributed by atoms with Gasteiger partial charge in [0.05, 0.1) is 5.70 Å². The van der Waals surface area contributed by atoms with Crippen molar-refractivity contribution < 1.29 is 9.13 Å². The minimum absolute atomic E-state index is 0.227. The van der Waals surface area contributed by atoms with Gasteiger partial charge in [0.15, 0.2) is 0 Å². The zero-order valence-electron chi connectivity index (χ0n) is 8.50. The molecule has 2 rings (SSSR count). The second-order valence-electron chi connectivity index (χ2n) is 3.45. The first-order valence-corrected chi connectivity index (χ1v) is 5.16.